The molecule has 0 saturated heterocycles. The van der Waals surface area contributed by atoms with E-state index in [0.717, 1.165) is 19.3 Å². The molecule has 0 heterocycles. The number of methoxy groups -OCH3 is 1. The summed E-state index contributed by atoms with van der Waals surface area (Å²) in [7, 11) is 1.55. The van der Waals surface area contributed by atoms with E-state index in [1.165, 1.54) is 0 Å². The Bertz CT molecular complexity index is 607. The maximum atomic E-state index is 12.6. The van der Waals surface area contributed by atoms with E-state index in [9.17, 15) is 10.1 Å². The van der Waals surface area contributed by atoms with Gasteiger partial charge in [-0.2, -0.15) is 5.26 Å². The Balaban J connectivity index is 2.84. The SMILES string of the molecule is CCCCCC(C)(OC)C(=O)Nc1ccc(OCC(C)C)c(C#N)c1. The van der Waals surface area contributed by atoms with Crippen LogP contribution in [0.3, 0.4) is 0 Å². The lowest BCUT2D eigenvalue weighted by Crippen LogP contribution is -2.42. The number of hydrogen-bond donors (Lipinski definition) is 1. The molecule has 0 aromatic heterocycles. The van der Waals surface area contributed by atoms with Crippen LogP contribution < -0.4 is 10.1 Å². The summed E-state index contributed by atoms with van der Waals surface area (Å²) in [5.41, 5.74) is 0.0928. The smallest absolute Gasteiger partial charge is 0.256 e. The molecule has 1 atom stereocenters. The number of nitriles is 1. The van der Waals surface area contributed by atoms with Crippen molar-refractivity contribution in [2.75, 3.05) is 19.0 Å². The Hall–Kier alpha value is -2.06. The van der Waals surface area contributed by atoms with Crippen molar-refractivity contribution < 1.29 is 14.3 Å². The number of unbranched alkanes of at least 4 members (excludes halogenated alkanes) is 2. The van der Waals surface area contributed by atoms with Crippen molar-refractivity contribution >= 4 is 11.6 Å². The second-order valence-electron chi connectivity index (χ2n) is 6.87. The number of nitrogens with one attached hydrogen (secondary N) is 1. The highest BCUT2D eigenvalue weighted by molar-refractivity contribution is 5.97. The zero-order valence-electron chi connectivity index (χ0n) is 16.0. The summed E-state index contributed by atoms with van der Waals surface area (Å²) in [5, 5.41) is 12.2. The van der Waals surface area contributed by atoms with Crippen molar-refractivity contribution in [2.45, 2.75) is 59.0 Å². The van der Waals surface area contributed by atoms with Crippen molar-refractivity contribution in [1.82, 2.24) is 0 Å². The molecule has 1 aromatic carbocycles. The molecule has 0 aliphatic rings. The van der Waals surface area contributed by atoms with Crippen molar-refractivity contribution in [3.63, 3.8) is 0 Å². The Morgan fingerprint density at radius 2 is 2.08 bits per heavy atom. The molecule has 0 aliphatic carbocycles. The second kappa shape index (κ2) is 10.0. The summed E-state index contributed by atoms with van der Waals surface area (Å²) in [4.78, 5) is 12.6. The van der Waals surface area contributed by atoms with E-state index in [1.807, 2.05) is 13.8 Å². The first kappa shape index (κ1) is 21.0. The fraction of sp³-hybridized carbons (Fsp3) is 0.600. The van der Waals surface area contributed by atoms with Gasteiger partial charge in [-0.05, 0) is 37.5 Å². The minimum absolute atomic E-state index is 0.203. The topological polar surface area (TPSA) is 71.3 Å². The van der Waals surface area contributed by atoms with Gasteiger partial charge in [-0.15, -0.1) is 0 Å². The Kier molecular flexibility index (Phi) is 8.44. The minimum atomic E-state index is -0.880. The van der Waals surface area contributed by atoms with E-state index in [0.29, 0.717) is 35.9 Å². The first-order valence-electron chi connectivity index (χ1n) is 8.89. The standard InChI is InChI=1S/C20H30N2O3/c1-6-7-8-11-20(4,24-5)19(23)22-17-9-10-18(16(12-17)13-21)25-14-15(2)3/h9-10,12,15H,6-8,11,14H2,1-5H3,(H,22,23). The normalized spacial score (nSPS) is 13.2. The molecule has 0 bridgehead atoms. The van der Waals surface area contributed by atoms with Crippen LogP contribution in [0.4, 0.5) is 5.69 Å². The van der Waals surface area contributed by atoms with Crippen LogP contribution in [-0.2, 0) is 9.53 Å². The van der Waals surface area contributed by atoms with E-state index in [4.69, 9.17) is 9.47 Å². The summed E-state index contributed by atoms with van der Waals surface area (Å²) in [5.74, 6) is 0.703. The molecule has 25 heavy (non-hydrogen) atoms. The van der Waals surface area contributed by atoms with E-state index >= 15 is 0 Å². The van der Waals surface area contributed by atoms with Gasteiger partial charge in [-0.25, -0.2) is 0 Å². The largest absolute Gasteiger partial charge is 0.492 e. The number of benzene rings is 1. The van der Waals surface area contributed by atoms with Crippen LogP contribution in [0.25, 0.3) is 0 Å². The maximum Gasteiger partial charge on any atom is 0.256 e. The summed E-state index contributed by atoms with van der Waals surface area (Å²) >= 11 is 0. The van der Waals surface area contributed by atoms with Gasteiger partial charge >= 0.3 is 0 Å². The van der Waals surface area contributed by atoms with Crippen LogP contribution in [0.2, 0.25) is 0 Å². The third-order valence-electron chi connectivity index (χ3n) is 4.12. The molecule has 0 aliphatic heterocycles. The zero-order chi connectivity index (χ0) is 18.9. The van der Waals surface area contributed by atoms with Gasteiger partial charge in [0, 0.05) is 12.8 Å². The predicted molar refractivity (Wildman–Crippen MR) is 99.7 cm³/mol. The number of anilines is 1. The first-order chi connectivity index (χ1) is 11.9. The quantitative estimate of drug-likeness (QED) is 0.632. The number of carbonyl (C=O) groups excluding carboxylic acids is 1. The van der Waals surface area contributed by atoms with Gasteiger partial charge < -0.3 is 14.8 Å². The molecule has 138 valence electrons. The Labute approximate surface area is 151 Å². The van der Waals surface area contributed by atoms with Crippen LogP contribution >= 0.6 is 0 Å². The minimum Gasteiger partial charge on any atom is -0.492 e. The molecule has 1 aromatic rings. The number of rotatable bonds is 10. The number of hydrogen-bond acceptors (Lipinski definition) is 4. The van der Waals surface area contributed by atoms with Crippen molar-refractivity contribution in [2.24, 2.45) is 5.92 Å². The lowest BCUT2D eigenvalue weighted by molar-refractivity contribution is -0.136. The summed E-state index contributed by atoms with van der Waals surface area (Å²) in [6.45, 7) is 8.55. The van der Waals surface area contributed by atoms with Crippen LogP contribution in [-0.4, -0.2) is 25.2 Å². The first-order valence-corrected chi connectivity index (χ1v) is 8.89. The molecule has 5 heteroatoms. The molecule has 1 rings (SSSR count). The number of ether oxygens (including phenoxy) is 2. The summed E-state index contributed by atoms with van der Waals surface area (Å²) in [6, 6.07) is 7.22. The summed E-state index contributed by atoms with van der Waals surface area (Å²) < 4.78 is 11.1. The molecule has 1 amide bonds. The number of carbonyl (C=O) groups is 1. The molecule has 0 saturated carbocycles. The molecule has 0 radical (unpaired) electrons. The molecule has 5 nitrogen and oxygen atoms in total. The average Bonchev–Trinajstić information content (AvgIpc) is 2.60. The highest BCUT2D eigenvalue weighted by Crippen LogP contribution is 2.25. The van der Waals surface area contributed by atoms with E-state index in [-0.39, 0.29) is 5.91 Å². The van der Waals surface area contributed by atoms with Crippen molar-refractivity contribution in [1.29, 1.82) is 5.26 Å². The van der Waals surface area contributed by atoms with Crippen LogP contribution in [0, 0.1) is 17.2 Å². The van der Waals surface area contributed by atoms with Gasteiger partial charge in [0.2, 0.25) is 0 Å². The summed E-state index contributed by atoms with van der Waals surface area (Å²) in [6.07, 6.45) is 3.74. The number of nitrogens with zero attached hydrogens (tertiary/aromatic N) is 1. The third-order valence-corrected chi connectivity index (χ3v) is 4.12. The third kappa shape index (κ3) is 6.39. The van der Waals surface area contributed by atoms with Gasteiger partial charge in [-0.3, -0.25) is 4.79 Å². The van der Waals surface area contributed by atoms with Gasteiger partial charge in [0.25, 0.3) is 5.91 Å². The fourth-order valence-corrected chi connectivity index (χ4v) is 2.36. The van der Waals surface area contributed by atoms with E-state index in [1.54, 1.807) is 32.2 Å². The highest BCUT2D eigenvalue weighted by atomic mass is 16.5. The van der Waals surface area contributed by atoms with Gasteiger partial charge in [0.15, 0.2) is 0 Å². The molecular weight excluding hydrogens is 316 g/mol. The average molecular weight is 346 g/mol. The second-order valence-corrected chi connectivity index (χ2v) is 6.87. The molecule has 0 spiro atoms. The highest BCUT2D eigenvalue weighted by Gasteiger charge is 2.32. The maximum absolute atomic E-state index is 12.6. The van der Waals surface area contributed by atoms with E-state index < -0.39 is 5.60 Å². The van der Waals surface area contributed by atoms with Gasteiger partial charge in [0.1, 0.15) is 17.4 Å². The van der Waals surface area contributed by atoms with Crippen molar-refractivity contribution in [3.8, 4) is 11.8 Å². The van der Waals surface area contributed by atoms with Gasteiger partial charge in [0.05, 0.1) is 12.2 Å². The predicted octanol–water partition coefficient (Wildman–Crippen LogP) is 4.52. The Morgan fingerprint density at radius 1 is 1.36 bits per heavy atom. The fourth-order valence-electron chi connectivity index (χ4n) is 2.36. The lowest BCUT2D eigenvalue weighted by Gasteiger charge is -2.27. The molecule has 1 N–H and O–H groups in total. The van der Waals surface area contributed by atoms with E-state index in [2.05, 4.69) is 18.3 Å². The van der Waals surface area contributed by atoms with Gasteiger partial charge in [-0.1, -0.05) is 40.0 Å². The van der Waals surface area contributed by atoms with Crippen LogP contribution in [0.5, 0.6) is 5.75 Å². The Morgan fingerprint density at radius 3 is 2.64 bits per heavy atom. The monoisotopic (exact) mass is 346 g/mol. The lowest BCUT2D eigenvalue weighted by atomic mass is 9.97. The zero-order valence-corrected chi connectivity index (χ0v) is 16.0. The molecule has 1 unspecified atom stereocenters. The molecular formula is C20H30N2O3. The number of amides is 1. The molecule has 0 fully saturated rings. The van der Waals surface area contributed by atoms with Crippen LogP contribution in [0.1, 0.15) is 58.9 Å². The van der Waals surface area contributed by atoms with Crippen LogP contribution in [0.15, 0.2) is 18.2 Å². The van der Waals surface area contributed by atoms with Crippen molar-refractivity contribution in [3.05, 3.63) is 23.8 Å².